The van der Waals surface area contributed by atoms with Crippen LogP contribution in [0.5, 0.6) is 0 Å². The second kappa shape index (κ2) is 9.32. The van der Waals surface area contributed by atoms with Gasteiger partial charge < -0.3 is 19.4 Å². The third-order valence-corrected chi connectivity index (χ3v) is 5.28. The van der Waals surface area contributed by atoms with Crippen molar-refractivity contribution in [3.8, 4) is 0 Å². The van der Waals surface area contributed by atoms with Gasteiger partial charge in [0.2, 0.25) is 0 Å². The Morgan fingerprint density at radius 2 is 2.17 bits per heavy atom. The number of amides is 1. The highest BCUT2D eigenvalue weighted by Gasteiger charge is 2.23. The van der Waals surface area contributed by atoms with Crippen molar-refractivity contribution >= 4 is 28.7 Å². The molecule has 1 atom stereocenters. The second-order valence-electron chi connectivity index (χ2n) is 8.48. The van der Waals surface area contributed by atoms with Gasteiger partial charge in [-0.2, -0.15) is 0 Å². The average Bonchev–Trinajstić information content (AvgIpc) is 2.67. The lowest BCUT2D eigenvalue weighted by atomic mass is 10.1. The summed E-state index contributed by atoms with van der Waals surface area (Å²) >= 11 is 6.43. The summed E-state index contributed by atoms with van der Waals surface area (Å²) in [7, 11) is 1.74. The molecule has 3 heterocycles. The van der Waals surface area contributed by atoms with Crippen LogP contribution >= 0.6 is 11.6 Å². The van der Waals surface area contributed by atoms with Crippen molar-refractivity contribution in [2.45, 2.75) is 38.9 Å². The zero-order chi connectivity index (χ0) is 21.9. The maximum absolute atomic E-state index is 12.1. The molecule has 3 rings (SSSR count). The fourth-order valence-corrected chi connectivity index (χ4v) is 3.76. The smallest absolute Gasteiger partial charge is 0.407 e. The number of aromatic nitrogens is 2. The van der Waals surface area contributed by atoms with E-state index in [1.54, 1.807) is 23.9 Å². The molecule has 1 fully saturated rings. The van der Waals surface area contributed by atoms with E-state index in [0.717, 1.165) is 29.7 Å². The number of ether oxygens (including phenoxy) is 2. The molecule has 8 nitrogen and oxygen atoms in total. The van der Waals surface area contributed by atoms with Crippen LogP contribution in [0.3, 0.4) is 0 Å². The summed E-state index contributed by atoms with van der Waals surface area (Å²) < 4.78 is 12.6. The van der Waals surface area contributed by atoms with Gasteiger partial charge in [-0.25, -0.2) is 4.79 Å². The first-order valence-electron chi connectivity index (χ1n) is 10.1. The van der Waals surface area contributed by atoms with Gasteiger partial charge in [0.05, 0.1) is 28.8 Å². The zero-order valence-corrected chi connectivity index (χ0v) is 18.7. The second-order valence-corrected chi connectivity index (χ2v) is 8.88. The SMILES string of the molecule is Cn1c(=O)ccc2ncc(Cl)c(CCN3CCO[C@@H](CNC(=O)OC(C)(C)C)C3)c21. The lowest BCUT2D eigenvalue weighted by Gasteiger charge is -2.33. The number of alkyl carbamates (subject to hydrolysis) is 1. The van der Waals surface area contributed by atoms with E-state index in [-0.39, 0.29) is 11.7 Å². The first-order valence-corrected chi connectivity index (χ1v) is 10.5. The molecule has 0 bridgehead atoms. The van der Waals surface area contributed by atoms with Gasteiger partial charge in [-0.1, -0.05) is 11.6 Å². The molecular formula is C21H29ClN4O4. The first kappa shape index (κ1) is 22.5. The Morgan fingerprint density at radius 3 is 2.90 bits per heavy atom. The lowest BCUT2D eigenvalue weighted by molar-refractivity contribution is -0.0281. The molecule has 2 aromatic rings. The summed E-state index contributed by atoms with van der Waals surface area (Å²) in [4.78, 5) is 30.6. The number of hydrogen-bond acceptors (Lipinski definition) is 6. The summed E-state index contributed by atoms with van der Waals surface area (Å²) in [5.74, 6) is 0. The van der Waals surface area contributed by atoms with Crippen LogP contribution in [0.4, 0.5) is 4.79 Å². The Kier molecular flexibility index (Phi) is 7.00. The van der Waals surface area contributed by atoms with E-state index < -0.39 is 11.7 Å². The van der Waals surface area contributed by atoms with Gasteiger partial charge in [0, 0.05) is 45.5 Å². The first-order chi connectivity index (χ1) is 14.1. The molecular weight excluding hydrogens is 408 g/mol. The minimum absolute atomic E-state index is 0.0903. The van der Waals surface area contributed by atoms with Crippen LogP contribution < -0.4 is 10.9 Å². The standard InChI is InChI=1S/C21H29ClN4O4/c1-21(2,3)30-20(28)24-11-14-13-26(9-10-29-14)8-7-15-16(22)12-23-17-5-6-18(27)25(4)19(15)17/h5-6,12,14H,7-11,13H2,1-4H3,(H,24,28)/t14-/m0/s1. The molecule has 1 N–H and O–H groups in total. The van der Waals surface area contributed by atoms with E-state index >= 15 is 0 Å². The Labute approximate surface area is 181 Å². The number of hydrogen-bond donors (Lipinski definition) is 1. The van der Waals surface area contributed by atoms with Crippen molar-refractivity contribution < 1.29 is 14.3 Å². The number of morpholine rings is 1. The van der Waals surface area contributed by atoms with Crippen molar-refractivity contribution in [1.29, 1.82) is 0 Å². The molecule has 0 saturated carbocycles. The van der Waals surface area contributed by atoms with E-state index in [1.165, 1.54) is 6.07 Å². The number of nitrogens with zero attached hydrogens (tertiary/aromatic N) is 3. The molecule has 0 spiro atoms. The Bertz CT molecular complexity index is 970. The van der Waals surface area contributed by atoms with Crippen molar-refractivity contribution in [3.05, 3.63) is 39.3 Å². The number of fused-ring (bicyclic) bond motifs is 1. The number of carbonyl (C=O) groups is 1. The van der Waals surface area contributed by atoms with Crippen LogP contribution in [-0.4, -0.2) is 65.0 Å². The number of nitrogens with one attached hydrogen (secondary N) is 1. The molecule has 1 amide bonds. The molecule has 30 heavy (non-hydrogen) atoms. The van der Waals surface area contributed by atoms with Crippen molar-refractivity contribution in [3.63, 3.8) is 0 Å². The number of carbonyl (C=O) groups excluding carboxylic acids is 1. The van der Waals surface area contributed by atoms with E-state index in [9.17, 15) is 9.59 Å². The van der Waals surface area contributed by atoms with Gasteiger partial charge in [-0.05, 0) is 38.8 Å². The highest BCUT2D eigenvalue weighted by Crippen LogP contribution is 2.24. The van der Waals surface area contributed by atoms with Crippen molar-refractivity contribution in [2.24, 2.45) is 7.05 Å². The predicted octanol–water partition coefficient (Wildman–Crippen LogP) is 2.35. The van der Waals surface area contributed by atoms with Gasteiger partial charge in [0.15, 0.2) is 0 Å². The van der Waals surface area contributed by atoms with Gasteiger partial charge in [-0.15, -0.1) is 0 Å². The van der Waals surface area contributed by atoms with Crippen molar-refractivity contribution in [2.75, 3.05) is 32.8 Å². The van der Waals surface area contributed by atoms with Gasteiger partial charge in [0.25, 0.3) is 5.56 Å². The van der Waals surface area contributed by atoms with Crippen LogP contribution in [0.25, 0.3) is 11.0 Å². The van der Waals surface area contributed by atoms with Crippen LogP contribution in [0, 0.1) is 0 Å². The molecule has 1 saturated heterocycles. The molecule has 9 heteroatoms. The van der Waals surface area contributed by atoms with Crippen LogP contribution in [0.2, 0.25) is 5.02 Å². The minimum atomic E-state index is -0.532. The van der Waals surface area contributed by atoms with Crippen LogP contribution in [0.1, 0.15) is 26.3 Å². The Balaban J connectivity index is 1.61. The van der Waals surface area contributed by atoms with Crippen molar-refractivity contribution in [1.82, 2.24) is 19.8 Å². The van der Waals surface area contributed by atoms with Gasteiger partial charge in [-0.3, -0.25) is 14.7 Å². The molecule has 2 aromatic heterocycles. The summed E-state index contributed by atoms with van der Waals surface area (Å²) in [5, 5.41) is 3.33. The minimum Gasteiger partial charge on any atom is -0.444 e. The monoisotopic (exact) mass is 436 g/mol. The Morgan fingerprint density at radius 1 is 1.40 bits per heavy atom. The molecule has 1 aliphatic heterocycles. The third kappa shape index (κ3) is 5.71. The van der Waals surface area contributed by atoms with E-state index in [1.807, 2.05) is 20.8 Å². The normalized spacial score (nSPS) is 17.8. The van der Waals surface area contributed by atoms with Gasteiger partial charge in [0.1, 0.15) is 5.60 Å². The van der Waals surface area contributed by atoms with E-state index in [2.05, 4.69) is 15.2 Å². The maximum atomic E-state index is 12.1. The largest absolute Gasteiger partial charge is 0.444 e. The summed E-state index contributed by atoms with van der Waals surface area (Å²) in [5.41, 5.74) is 1.81. The quantitative estimate of drug-likeness (QED) is 0.774. The highest BCUT2D eigenvalue weighted by molar-refractivity contribution is 6.32. The topological polar surface area (TPSA) is 85.7 Å². The Hall–Kier alpha value is -2.16. The zero-order valence-electron chi connectivity index (χ0n) is 17.9. The molecule has 1 aliphatic rings. The predicted molar refractivity (Wildman–Crippen MR) is 116 cm³/mol. The van der Waals surface area contributed by atoms with Crippen LogP contribution in [0.15, 0.2) is 23.1 Å². The molecule has 0 radical (unpaired) electrons. The fourth-order valence-electron chi connectivity index (χ4n) is 3.53. The third-order valence-electron chi connectivity index (χ3n) is 4.96. The molecule has 0 aliphatic carbocycles. The number of aryl methyl sites for hydroxylation is 1. The summed E-state index contributed by atoms with van der Waals surface area (Å²) in [6.45, 7) is 8.70. The number of pyridine rings is 2. The molecule has 0 unspecified atom stereocenters. The maximum Gasteiger partial charge on any atom is 0.407 e. The van der Waals surface area contributed by atoms with E-state index in [4.69, 9.17) is 21.1 Å². The molecule has 164 valence electrons. The summed E-state index contributed by atoms with van der Waals surface area (Å²) in [6, 6.07) is 3.24. The van der Waals surface area contributed by atoms with E-state index in [0.29, 0.717) is 31.1 Å². The molecule has 0 aromatic carbocycles. The average molecular weight is 437 g/mol. The number of rotatable bonds is 5. The van der Waals surface area contributed by atoms with Crippen LogP contribution in [-0.2, 0) is 22.9 Å². The highest BCUT2D eigenvalue weighted by atomic mass is 35.5. The van der Waals surface area contributed by atoms with Gasteiger partial charge >= 0.3 is 6.09 Å². The fraction of sp³-hybridized carbons (Fsp3) is 0.571. The lowest BCUT2D eigenvalue weighted by Crippen LogP contribution is -2.48. The summed E-state index contributed by atoms with van der Waals surface area (Å²) in [6.07, 6.45) is 1.76. The number of halogens is 1.